The number of nitrogens with zero attached hydrogens (tertiary/aromatic N) is 1. The monoisotopic (exact) mass is 216 g/mol. The standard InChI is InChI=1S/C8H10ClFN4/c1-12-8(14-11)13-7-3-2-5(9)4-6(7)10/h2-4H,11H2,1H3,(H2,12,13,14). The number of anilines is 1. The van der Waals surface area contributed by atoms with Crippen LogP contribution in [0.15, 0.2) is 23.2 Å². The zero-order chi connectivity index (χ0) is 10.6. The number of hydrazine groups is 1. The molecular weight excluding hydrogens is 207 g/mol. The number of nitrogens with two attached hydrogens (primary N) is 1. The first-order valence-corrected chi connectivity index (χ1v) is 4.20. The summed E-state index contributed by atoms with van der Waals surface area (Å²) in [6, 6.07) is 4.27. The molecule has 14 heavy (non-hydrogen) atoms. The normalized spacial score (nSPS) is 11.3. The number of nitrogens with one attached hydrogen (secondary N) is 2. The number of aliphatic imine (C=N–C) groups is 1. The van der Waals surface area contributed by atoms with Crippen LogP contribution >= 0.6 is 11.6 Å². The first kappa shape index (κ1) is 10.7. The van der Waals surface area contributed by atoms with E-state index in [0.717, 1.165) is 0 Å². The van der Waals surface area contributed by atoms with E-state index in [9.17, 15) is 4.39 Å². The Morgan fingerprint density at radius 3 is 2.79 bits per heavy atom. The van der Waals surface area contributed by atoms with E-state index in [-0.39, 0.29) is 11.6 Å². The maximum atomic E-state index is 13.2. The van der Waals surface area contributed by atoms with Gasteiger partial charge in [0.05, 0.1) is 5.69 Å². The second kappa shape index (κ2) is 4.78. The van der Waals surface area contributed by atoms with Crippen LogP contribution < -0.4 is 16.6 Å². The van der Waals surface area contributed by atoms with Crippen molar-refractivity contribution in [2.24, 2.45) is 10.8 Å². The van der Waals surface area contributed by atoms with Gasteiger partial charge in [0.15, 0.2) is 0 Å². The van der Waals surface area contributed by atoms with Gasteiger partial charge in [-0.1, -0.05) is 11.6 Å². The van der Waals surface area contributed by atoms with Crippen molar-refractivity contribution < 1.29 is 4.39 Å². The van der Waals surface area contributed by atoms with Crippen molar-refractivity contribution in [2.75, 3.05) is 12.4 Å². The van der Waals surface area contributed by atoms with Gasteiger partial charge in [-0.2, -0.15) is 0 Å². The van der Waals surface area contributed by atoms with Crippen LogP contribution in [0.1, 0.15) is 0 Å². The molecule has 0 amide bonds. The number of hydrogen-bond acceptors (Lipinski definition) is 2. The lowest BCUT2D eigenvalue weighted by Crippen LogP contribution is -2.36. The molecule has 6 heteroatoms. The molecule has 1 aromatic carbocycles. The van der Waals surface area contributed by atoms with Gasteiger partial charge in [0.2, 0.25) is 5.96 Å². The predicted octanol–water partition coefficient (Wildman–Crippen LogP) is 1.34. The number of benzene rings is 1. The molecule has 0 fully saturated rings. The summed E-state index contributed by atoms with van der Waals surface area (Å²) in [4.78, 5) is 3.74. The van der Waals surface area contributed by atoms with Crippen LogP contribution in [0.2, 0.25) is 5.02 Å². The Morgan fingerprint density at radius 2 is 2.29 bits per heavy atom. The smallest absolute Gasteiger partial charge is 0.210 e. The third-order valence-electron chi connectivity index (χ3n) is 1.54. The van der Waals surface area contributed by atoms with E-state index in [1.165, 1.54) is 19.2 Å². The molecule has 0 heterocycles. The van der Waals surface area contributed by atoms with Crippen molar-refractivity contribution in [3.8, 4) is 0 Å². The van der Waals surface area contributed by atoms with Crippen molar-refractivity contribution in [3.63, 3.8) is 0 Å². The van der Waals surface area contributed by atoms with Crippen LogP contribution in [-0.2, 0) is 0 Å². The Labute approximate surface area is 85.9 Å². The van der Waals surface area contributed by atoms with Crippen LogP contribution in [0.4, 0.5) is 10.1 Å². The molecule has 0 aliphatic rings. The summed E-state index contributed by atoms with van der Waals surface area (Å²) in [6.45, 7) is 0. The highest BCUT2D eigenvalue weighted by Crippen LogP contribution is 2.18. The highest BCUT2D eigenvalue weighted by molar-refractivity contribution is 6.30. The topological polar surface area (TPSA) is 62.4 Å². The Morgan fingerprint density at radius 1 is 1.57 bits per heavy atom. The number of halogens is 2. The number of rotatable bonds is 1. The van der Waals surface area contributed by atoms with Gasteiger partial charge >= 0.3 is 0 Å². The van der Waals surface area contributed by atoms with Gasteiger partial charge < -0.3 is 5.32 Å². The molecule has 0 spiro atoms. The molecule has 0 saturated heterocycles. The lowest BCUT2D eigenvalue weighted by atomic mass is 10.3. The van der Waals surface area contributed by atoms with E-state index < -0.39 is 5.82 Å². The fourth-order valence-electron chi connectivity index (χ4n) is 0.875. The lowest BCUT2D eigenvalue weighted by Gasteiger charge is -2.08. The van der Waals surface area contributed by atoms with Crippen molar-refractivity contribution in [1.29, 1.82) is 0 Å². The summed E-state index contributed by atoms with van der Waals surface area (Å²) in [5.41, 5.74) is 2.54. The number of hydrogen-bond donors (Lipinski definition) is 3. The summed E-state index contributed by atoms with van der Waals surface area (Å²) < 4.78 is 13.2. The highest BCUT2D eigenvalue weighted by Gasteiger charge is 2.03. The fourth-order valence-corrected chi connectivity index (χ4v) is 1.03. The molecule has 4 N–H and O–H groups in total. The summed E-state index contributed by atoms with van der Waals surface area (Å²) in [5, 5.41) is 2.99. The van der Waals surface area contributed by atoms with Gasteiger partial charge in [0.25, 0.3) is 0 Å². The molecule has 1 aromatic rings. The third-order valence-corrected chi connectivity index (χ3v) is 1.78. The molecule has 0 aromatic heterocycles. The van der Waals surface area contributed by atoms with Crippen molar-refractivity contribution in [3.05, 3.63) is 29.0 Å². The van der Waals surface area contributed by atoms with Crippen LogP contribution in [-0.4, -0.2) is 13.0 Å². The minimum atomic E-state index is -0.464. The largest absolute Gasteiger partial charge is 0.323 e. The Bertz CT molecular complexity index is 353. The minimum Gasteiger partial charge on any atom is -0.323 e. The van der Waals surface area contributed by atoms with Crippen LogP contribution in [0.3, 0.4) is 0 Å². The molecule has 0 unspecified atom stereocenters. The molecule has 76 valence electrons. The van der Waals surface area contributed by atoms with Crippen LogP contribution in [0.25, 0.3) is 0 Å². The molecule has 0 saturated carbocycles. The second-order valence-corrected chi connectivity index (χ2v) is 2.90. The predicted molar refractivity (Wildman–Crippen MR) is 55.7 cm³/mol. The second-order valence-electron chi connectivity index (χ2n) is 2.47. The molecule has 0 radical (unpaired) electrons. The Hall–Kier alpha value is -1.33. The molecular formula is C8H10ClFN4. The molecule has 0 aliphatic heterocycles. The first-order chi connectivity index (χ1) is 6.67. The third kappa shape index (κ3) is 2.58. The lowest BCUT2D eigenvalue weighted by molar-refractivity contribution is 0.632. The molecule has 0 bridgehead atoms. The zero-order valence-electron chi connectivity index (χ0n) is 7.51. The van der Waals surface area contributed by atoms with Crippen molar-refractivity contribution in [1.82, 2.24) is 5.43 Å². The first-order valence-electron chi connectivity index (χ1n) is 3.83. The van der Waals surface area contributed by atoms with Gasteiger partial charge in [-0.15, -0.1) is 0 Å². The van der Waals surface area contributed by atoms with Gasteiger partial charge in [-0.3, -0.25) is 10.4 Å². The van der Waals surface area contributed by atoms with E-state index in [1.54, 1.807) is 6.07 Å². The molecule has 4 nitrogen and oxygen atoms in total. The van der Waals surface area contributed by atoms with Gasteiger partial charge in [0, 0.05) is 12.1 Å². The number of guanidine groups is 1. The Balaban J connectivity index is 2.87. The average Bonchev–Trinajstić information content (AvgIpc) is 2.17. The summed E-state index contributed by atoms with van der Waals surface area (Å²) >= 11 is 5.58. The average molecular weight is 217 g/mol. The van der Waals surface area contributed by atoms with Crippen LogP contribution in [0, 0.1) is 5.82 Å². The summed E-state index contributed by atoms with van der Waals surface area (Å²) in [5.74, 6) is 4.92. The molecule has 0 atom stereocenters. The Kier molecular flexibility index (Phi) is 3.67. The highest BCUT2D eigenvalue weighted by atomic mass is 35.5. The summed E-state index contributed by atoms with van der Waals surface area (Å²) in [7, 11) is 1.52. The summed E-state index contributed by atoms with van der Waals surface area (Å²) in [6.07, 6.45) is 0. The maximum Gasteiger partial charge on any atom is 0.210 e. The minimum absolute atomic E-state index is 0.257. The van der Waals surface area contributed by atoms with E-state index in [2.05, 4.69) is 15.7 Å². The SMILES string of the molecule is CN=C(NN)Nc1ccc(Cl)cc1F. The molecule has 0 aliphatic carbocycles. The fraction of sp³-hybridized carbons (Fsp3) is 0.125. The van der Waals surface area contributed by atoms with Gasteiger partial charge in [-0.25, -0.2) is 10.2 Å². The van der Waals surface area contributed by atoms with Crippen LogP contribution in [0.5, 0.6) is 0 Å². The van der Waals surface area contributed by atoms with E-state index in [0.29, 0.717) is 5.02 Å². The van der Waals surface area contributed by atoms with Crippen molar-refractivity contribution >= 4 is 23.2 Å². The van der Waals surface area contributed by atoms with E-state index in [4.69, 9.17) is 17.4 Å². The van der Waals surface area contributed by atoms with Gasteiger partial charge in [-0.05, 0) is 18.2 Å². The quantitative estimate of drug-likeness (QED) is 0.287. The zero-order valence-corrected chi connectivity index (χ0v) is 8.27. The van der Waals surface area contributed by atoms with Crippen molar-refractivity contribution in [2.45, 2.75) is 0 Å². The van der Waals surface area contributed by atoms with E-state index in [1.807, 2.05) is 0 Å². The van der Waals surface area contributed by atoms with Gasteiger partial charge in [0.1, 0.15) is 5.82 Å². The van der Waals surface area contributed by atoms with E-state index >= 15 is 0 Å². The maximum absolute atomic E-state index is 13.2. The molecule has 1 rings (SSSR count).